The van der Waals surface area contributed by atoms with Gasteiger partial charge in [-0.3, -0.25) is 0 Å². The minimum absolute atomic E-state index is 0.223. The van der Waals surface area contributed by atoms with E-state index in [1.54, 1.807) is 0 Å². The number of ether oxygens (including phenoxy) is 1. The minimum atomic E-state index is 0.223. The van der Waals surface area contributed by atoms with Crippen LogP contribution in [0.4, 0.5) is 0 Å². The van der Waals surface area contributed by atoms with Gasteiger partial charge in [0.15, 0.2) is 0 Å². The Labute approximate surface area is 128 Å². The number of hydrogen-bond donors (Lipinski definition) is 1. The molecule has 112 valence electrons. The highest BCUT2D eigenvalue weighted by molar-refractivity contribution is 5.32. The molecule has 0 amide bonds. The molecule has 21 heavy (non-hydrogen) atoms. The lowest BCUT2D eigenvalue weighted by molar-refractivity contribution is 0.266. The fourth-order valence-corrected chi connectivity index (χ4v) is 2.40. The molecule has 0 heterocycles. The van der Waals surface area contributed by atoms with Crippen molar-refractivity contribution in [2.24, 2.45) is 0 Å². The summed E-state index contributed by atoms with van der Waals surface area (Å²) < 4.78 is 6.00. The Kier molecular flexibility index (Phi) is 5.82. The Hall–Kier alpha value is -1.80. The van der Waals surface area contributed by atoms with Crippen molar-refractivity contribution in [3.05, 3.63) is 65.2 Å². The van der Waals surface area contributed by atoms with Crippen molar-refractivity contribution >= 4 is 0 Å². The van der Waals surface area contributed by atoms with Gasteiger partial charge in [-0.1, -0.05) is 56.3 Å². The molecule has 1 atom stereocenters. The van der Waals surface area contributed by atoms with Gasteiger partial charge in [0.05, 0.1) is 6.04 Å². The van der Waals surface area contributed by atoms with Gasteiger partial charge >= 0.3 is 0 Å². The Bertz CT molecular complexity index is 548. The van der Waals surface area contributed by atoms with Crippen molar-refractivity contribution in [1.82, 2.24) is 5.32 Å². The molecule has 1 unspecified atom stereocenters. The van der Waals surface area contributed by atoms with E-state index in [9.17, 15) is 0 Å². The molecule has 2 aromatic carbocycles. The van der Waals surface area contributed by atoms with E-state index in [1.807, 2.05) is 18.2 Å². The summed E-state index contributed by atoms with van der Waals surface area (Å²) >= 11 is 0. The molecule has 0 radical (unpaired) electrons. The van der Waals surface area contributed by atoms with Gasteiger partial charge in [-0.25, -0.2) is 0 Å². The van der Waals surface area contributed by atoms with E-state index in [0.29, 0.717) is 6.61 Å². The zero-order chi connectivity index (χ0) is 15.1. The SMILES string of the molecule is CCNC(COc1ccccc1C)c1ccc(CC)cc1. The molecule has 0 aliphatic heterocycles. The van der Waals surface area contributed by atoms with Gasteiger partial charge < -0.3 is 10.1 Å². The molecule has 1 N–H and O–H groups in total. The van der Waals surface area contributed by atoms with Gasteiger partial charge in [-0.05, 0) is 42.6 Å². The largest absolute Gasteiger partial charge is 0.491 e. The molecule has 2 rings (SSSR count). The van der Waals surface area contributed by atoms with Crippen molar-refractivity contribution in [2.45, 2.75) is 33.2 Å². The molecule has 0 bridgehead atoms. The molecule has 0 aliphatic carbocycles. The van der Waals surface area contributed by atoms with Gasteiger partial charge in [-0.15, -0.1) is 0 Å². The topological polar surface area (TPSA) is 21.3 Å². The van der Waals surface area contributed by atoms with Crippen LogP contribution in [0.1, 0.15) is 36.6 Å². The predicted octanol–water partition coefficient (Wildman–Crippen LogP) is 4.29. The lowest BCUT2D eigenvalue weighted by atomic mass is 10.0. The number of hydrogen-bond acceptors (Lipinski definition) is 2. The van der Waals surface area contributed by atoms with Gasteiger partial charge in [0.2, 0.25) is 0 Å². The number of para-hydroxylation sites is 1. The molecule has 2 nitrogen and oxygen atoms in total. The first kappa shape index (κ1) is 15.6. The summed E-state index contributed by atoms with van der Waals surface area (Å²) in [5.74, 6) is 0.964. The molecule has 0 spiro atoms. The van der Waals surface area contributed by atoms with E-state index in [1.165, 1.54) is 16.7 Å². The number of nitrogens with one attached hydrogen (secondary N) is 1. The number of benzene rings is 2. The molecular weight excluding hydrogens is 258 g/mol. The third-order valence-electron chi connectivity index (χ3n) is 3.74. The van der Waals surface area contributed by atoms with Crippen LogP contribution in [-0.4, -0.2) is 13.2 Å². The van der Waals surface area contributed by atoms with Crippen molar-refractivity contribution in [3.8, 4) is 5.75 Å². The third kappa shape index (κ3) is 4.33. The average Bonchev–Trinajstić information content (AvgIpc) is 2.53. The maximum atomic E-state index is 6.00. The summed E-state index contributed by atoms with van der Waals surface area (Å²) in [5.41, 5.74) is 3.82. The highest BCUT2D eigenvalue weighted by Crippen LogP contribution is 2.20. The van der Waals surface area contributed by atoms with Crippen molar-refractivity contribution in [1.29, 1.82) is 0 Å². The Morgan fingerprint density at radius 3 is 2.33 bits per heavy atom. The third-order valence-corrected chi connectivity index (χ3v) is 3.74. The smallest absolute Gasteiger partial charge is 0.122 e. The van der Waals surface area contributed by atoms with E-state index >= 15 is 0 Å². The quantitative estimate of drug-likeness (QED) is 0.818. The van der Waals surface area contributed by atoms with E-state index in [0.717, 1.165) is 18.7 Å². The second-order valence-corrected chi connectivity index (χ2v) is 5.28. The average molecular weight is 283 g/mol. The van der Waals surface area contributed by atoms with Crippen molar-refractivity contribution < 1.29 is 4.74 Å². The first-order valence-corrected chi connectivity index (χ1v) is 7.75. The van der Waals surface area contributed by atoms with Gasteiger partial charge in [0.1, 0.15) is 12.4 Å². The number of aryl methyl sites for hydroxylation is 2. The van der Waals surface area contributed by atoms with Crippen LogP contribution in [-0.2, 0) is 6.42 Å². The van der Waals surface area contributed by atoms with Crippen LogP contribution in [0.15, 0.2) is 48.5 Å². The normalized spacial score (nSPS) is 12.1. The van der Waals surface area contributed by atoms with E-state index in [2.05, 4.69) is 56.4 Å². The van der Waals surface area contributed by atoms with Crippen LogP contribution in [0.5, 0.6) is 5.75 Å². The lowest BCUT2D eigenvalue weighted by Crippen LogP contribution is -2.26. The highest BCUT2D eigenvalue weighted by Gasteiger charge is 2.11. The Morgan fingerprint density at radius 2 is 1.71 bits per heavy atom. The van der Waals surface area contributed by atoms with Gasteiger partial charge in [-0.2, -0.15) is 0 Å². The molecule has 0 aliphatic rings. The summed E-state index contributed by atoms with van der Waals surface area (Å²) in [4.78, 5) is 0. The Morgan fingerprint density at radius 1 is 1.00 bits per heavy atom. The fourth-order valence-electron chi connectivity index (χ4n) is 2.40. The molecule has 2 heteroatoms. The van der Waals surface area contributed by atoms with Crippen LogP contribution >= 0.6 is 0 Å². The first-order chi connectivity index (χ1) is 10.2. The maximum Gasteiger partial charge on any atom is 0.122 e. The van der Waals surface area contributed by atoms with Crippen molar-refractivity contribution in [2.75, 3.05) is 13.2 Å². The molecule has 0 aromatic heterocycles. The summed E-state index contributed by atoms with van der Waals surface area (Å²) in [5, 5.41) is 3.50. The molecule has 0 fully saturated rings. The monoisotopic (exact) mass is 283 g/mol. The zero-order valence-corrected chi connectivity index (χ0v) is 13.2. The molecule has 2 aromatic rings. The fraction of sp³-hybridized carbons (Fsp3) is 0.368. The first-order valence-electron chi connectivity index (χ1n) is 7.75. The van der Waals surface area contributed by atoms with Crippen LogP contribution in [0.3, 0.4) is 0 Å². The summed E-state index contributed by atoms with van der Waals surface area (Å²) in [6.45, 7) is 7.95. The summed E-state index contributed by atoms with van der Waals surface area (Å²) in [7, 11) is 0. The van der Waals surface area contributed by atoms with E-state index < -0.39 is 0 Å². The minimum Gasteiger partial charge on any atom is -0.491 e. The zero-order valence-electron chi connectivity index (χ0n) is 13.2. The second kappa shape index (κ2) is 7.84. The van der Waals surface area contributed by atoms with Crippen LogP contribution < -0.4 is 10.1 Å². The summed E-state index contributed by atoms with van der Waals surface area (Å²) in [6, 6.07) is 17.2. The maximum absolute atomic E-state index is 6.00. The summed E-state index contributed by atoms with van der Waals surface area (Å²) in [6.07, 6.45) is 1.08. The van der Waals surface area contributed by atoms with Crippen LogP contribution in [0.25, 0.3) is 0 Å². The standard InChI is InChI=1S/C19H25NO/c1-4-16-10-12-17(13-11-16)18(20-5-2)14-21-19-9-7-6-8-15(19)3/h6-13,18,20H,4-5,14H2,1-3H3. The second-order valence-electron chi connectivity index (χ2n) is 5.28. The highest BCUT2D eigenvalue weighted by atomic mass is 16.5. The van der Waals surface area contributed by atoms with E-state index in [-0.39, 0.29) is 6.04 Å². The number of likely N-dealkylation sites (N-methyl/N-ethyl adjacent to an activating group) is 1. The van der Waals surface area contributed by atoms with Gasteiger partial charge in [0, 0.05) is 0 Å². The van der Waals surface area contributed by atoms with Crippen LogP contribution in [0.2, 0.25) is 0 Å². The van der Waals surface area contributed by atoms with Crippen molar-refractivity contribution in [3.63, 3.8) is 0 Å². The lowest BCUT2D eigenvalue weighted by Gasteiger charge is -2.20. The molecule has 0 saturated heterocycles. The number of rotatable bonds is 7. The van der Waals surface area contributed by atoms with Gasteiger partial charge in [0.25, 0.3) is 0 Å². The van der Waals surface area contributed by atoms with Crippen LogP contribution in [0, 0.1) is 6.92 Å². The molecule has 0 saturated carbocycles. The Balaban J connectivity index is 2.06. The predicted molar refractivity (Wildman–Crippen MR) is 88.9 cm³/mol. The molecular formula is C19H25NO. The van der Waals surface area contributed by atoms with E-state index in [4.69, 9.17) is 4.74 Å².